The fourth-order valence-corrected chi connectivity index (χ4v) is 1.32. The van der Waals surface area contributed by atoms with Gasteiger partial charge >= 0.3 is 47.8 Å². The lowest BCUT2D eigenvalue weighted by atomic mass is 9.84. The molecule has 0 aliphatic carbocycles. The van der Waals surface area contributed by atoms with E-state index in [2.05, 4.69) is 0 Å². The Bertz CT molecular complexity index is 504. The lowest BCUT2D eigenvalue weighted by molar-refractivity contribution is -0.485. The van der Waals surface area contributed by atoms with Crippen molar-refractivity contribution in [2.75, 3.05) is 0 Å². The molecule has 0 heterocycles. The van der Waals surface area contributed by atoms with Crippen LogP contribution in [0.1, 0.15) is 0 Å². The van der Waals surface area contributed by atoms with Gasteiger partial charge in [-0.15, -0.1) is 0 Å². The molecule has 0 aromatic heterocycles. The normalized spacial score (nSPS) is 16.8. The van der Waals surface area contributed by atoms with Gasteiger partial charge in [0.15, 0.2) is 0 Å². The van der Waals surface area contributed by atoms with Crippen LogP contribution in [0, 0.1) is 0 Å². The first-order valence-electron chi connectivity index (χ1n) is 5.19. The molecular weight excluding hydrogens is 435 g/mol. The highest BCUT2D eigenvalue weighted by atomic mass is 19.4. The van der Waals surface area contributed by atoms with Gasteiger partial charge in [0, 0.05) is 0 Å². The van der Waals surface area contributed by atoms with Gasteiger partial charge in [-0.1, -0.05) is 0 Å². The number of alkyl halides is 17. The fourth-order valence-electron chi connectivity index (χ4n) is 1.32. The van der Waals surface area contributed by atoms with Crippen LogP contribution >= 0.6 is 0 Å². The van der Waals surface area contributed by atoms with Crippen LogP contribution in [0.25, 0.3) is 0 Å². The van der Waals surface area contributed by atoms with E-state index in [1.807, 2.05) is 0 Å². The van der Waals surface area contributed by atoms with E-state index in [9.17, 15) is 74.6 Å². The Hall–Kier alpha value is -1.23. The van der Waals surface area contributed by atoms with Crippen molar-refractivity contribution in [3.63, 3.8) is 0 Å². The Morgan fingerprint density at radius 2 is 0.538 bits per heavy atom. The molecular formula is C8HF17O. The topological polar surface area (TPSA) is 20.2 Å². The van der Waals surface area contributed by atoms with Gasteiger partial charge in [-0.3, -0.25) is 0 Å². The van der Waals surface area contributed by atoms with Gasteiger partial charge in [0.1, 0.15) is 0 Å². The van der Waals surface area contributed by atoms with Crippen LogP contribution in [0.2, 0.25) is 0 Å². The molecule has 0 saturated carbocycles. The second kappa shape index (κ2) is 5.63. The minimum atomic E-state index is -8.70. The molecule has 0 unspecified atom stereocenters. The summed E-state index contributed by atoms with van der Waals surface area (Å²) in [5.41, 5.74) is -8.11. The first kappa shape index (κ1) is 24.8. The first-order valence-corrected chi connectivity index (χ1v) is 5.19. The van der Waals surface area contributed by atoms with E-state index in [4.69, 9.17) is 5.11 Å². The summed E-state index contributed by atoms with van der Waals surface area (Å²) in [6.07, 6.45) is -23.7. The van der Waals surface area contributed by atoms with Gasteiger partial charge < -0.3 is 5.11 Å². The van der Waals surface area contributed by atoms with E-state index in [0.29, 0.717) is 0 Å². The summed E-state index contributed by atoms with van der Waals surface area (Å²) < 4.78 is 210. The highest BCUT2D eigenvalue weighted by Crippen LogP contribution is 2.63. The molecule has 0 amide bonds. The zero-order valence-corrected chi connectivity index (χ0v) is 10.9. The van der Waals surface area contributed by atoms with E-state index in [1.165, 1.54) is 0 Å². The molecule has 26 heavy (non-hydrogen) atoms. The molecule has 0 radical (unpaired) electrons. The van der Waals surface area contributed by atoms with E-state index in [0.717, 1.165) is 0 Å². The SMILES string of the molecule is OC(C(F)(F)F)(C(F)(F)F)C(F)(F)C(F)(F)C(F)(F)C(F)(F)C(F)(F)F. The van der Waals surface area contributed by atoms with Gasteiger partial charge in [-0.05, 0) is 0 Å². The average Bonchev–Trinajstić information content (AvgIpc) is 2.32. The second-order valence-corrected chi connectivity index (χ2v) is 4.50. The minimum Gasteiger partial charge on any atom is -0.369 e. The number of rotatable bonds is 4. The Morgan fingerprint density at radius 3 is 0.731 bits per heavy atom. The summed E-state index contributed by atoms with van der Waals surface area (Å²) >= 11 is 0. The molecule has 1 N–H and O–H groups in total. The van der Waals surface area contributed by atoms with E-state index < -0.39 is 47.8 Å². The van der Waals surface area contributed by atoms with Crippen molar-refractivity contribution in [2.24, 2.45) is 0 Å². The molecule has 18 heteroatoms. The van der Waals surface area contributed by atoms with E-state index >= 15 is 0 Å². The summed E-state index contributed by atoms with van der Waals surface area (Å²) in [7, 11) is 0. The van der Waals surface area contributed by atoms with Gasteiger partial charge in [-0.2, -0.15) is 74.6 Å². The third kappa shape index (κ3) is 2.83. The highest BCUT2D eigenvalue weighted by Gasteiger charge is 2.96. The summed E-state index contributed by atoms with van der Waals surface area (Å²) in [5.74, 6) is -34.1. The Labute approximate surface area is 129 Å². The van der Waals surface area contributed by atoms with Crippen LogP contribution in [-0.4, -0.2) is 52.9 Å². The van der Waals surface area contributed by atoms with Crippen LogP contribution in [0.4, 0.5) is 74.6 Å². The second-order valence-electron chi connectivity index (χ2n) is 4.50. The zero-order valence-electron chi connectivity index (χ0n) is 10.9. The standard InChI is InChI=1S/C8HF17O/c9-2(10,1(26,6(17,18)19)7(20,21)22)3(11,12)4(13,14)5(15,16)8(23,24)25/h26H. The third-order valence-electron chi connectivity index (χ3n) is 2.81. The molecule has 0 bridgehead atoms. The Kier molecular flexibility index (Phi) is 5.37. The van der Waals surface area contributed by atoms with Crippen molar-refractivity contribution in [1.29, 1.82) is 0 Å². The molecule has 0 aromatic carbocycles. The van der Waals surface area contributed by atoms with Crippen LogP contribution < -0.4 is 0 Å². The molecule has 0 aliphatic heterocycles. The summed E-state index contributed by atoms with van der Waals surface area (Å²) in [6.45, 7) is 0. The Balaban J connectivity index is 6.86. The summed E-state index contributed by atoms with van der Waals surface area (Å²) in [4.78, 5) is 0. The summed E-state index contributed by atoms with van der Waals surface area (Å²) in [6, 6.07) is 0. The third-order valence-corrected chi connectivity index (χ3v) is 2.81. The predicted octanol–water partition coefficient (Wildman–Crippen LogP) is 4.95. The largest absolute Gasteiger partial charge is 0.460 e. The molecule has 0 aliphatic rings. The van der Waals surface area contributed by atoms with Crippen molar-refractivity contribution in [3.05, 3.63) is 0 Å². The van der Waals surface area contributed by atoms with Crippen molar-refractivity contribution in [2.45, 2.75) is 47.8 Å². The molecule has 0 saturated heterocycles. The molecule has 0 atom stereocenters. The quantitative estimate of drug-likeness (QED) is 0.619. The van der Waals surface area contributed by atoms with Crippen molar-refractivity contribution in [3.8, 4) is 0 Å². The van der Waals surface area contributed by atoms with Crippen molar-refractivity contribution in [1.82, 2.24) is 0 Å². The number of hydrogen-bond acceptors (Lipinski definition) is 1. The summed E-state index contributed by atoms with van der Waals surface area (Å²) in [5, 5.41) is 8.04. The minimum absolute atomic E-state index is 7.80. The van der Waals surface area contributed by atoms with Crippen molar-refractivity contribution >= 4 is 0 Å². The maximum Gasteiger partial charge on any atom is 0.460 e. The predicted molar refractivity (Wildman–Crippen MR) is 42.9 cm³/mol. The average molecular weight is 436 g/mol. The molecule has 0 fully saturated rings. The van der Waals surface area contributed by atoms with Crippen LogP contribution in [-0.2, 0) is 0 Å². The van der Waals surface area contributed by atoms with Gasteiger partial charge in [0.05, 0.1) is 0 Å². The maximum atomic E-state index is 13.0. The van der Waals surface area contributed by atoms with Gasteiger partial charge in [0.2, 0.25) is 0 Å². The maximum absolute atomic E-state index is 13.0. The highest BCUT2D eigenvalue weighted by molar-refractivity contribution is 5.16. The number of hydrogen-bond donors (Lipinski definition) is 1. The monoisotopic (exact) mass is 436 g/mol. The number of halogens is 17. The smallest absolute Gasteiger partial charge is 0.369 e. The van der Waals surface area contributed by atoms with Crippen LogP contribution in [0.5, 0.6) is 0 Å². The number of aliphatic hydroxyl groups is 1. The molecule has 158 valence electrons. The lowest BCUT2D eigenvalue weighted by Gasteiger charge is -2.44. The van der Waals surface area contributed by atoms with Gasteiger partial charge in [0.25, 0.3) is 0 Å². The fraction of sp³-hybridized carbons (Fsp3) is 1.00. The van der Waals surface area contributed by atoms with Gasteiger partial charge in [-0.25, -0.2) is 0 Å². The van der Waals surface area contributed by atoms with E-state index in [-0.39, 0.29) is 0 Å². The lowest BCUT2D eigenvalue weighted by Crippen LogP contribution is -2.78. The van der Waals surface area contributed by atoms with Crippen LogP contribution in [0.15, 0.2) is 0 Å². The zero-order chi connectivity index (χ0) is 22.0. The van der Waals surface area contributed by atoms with Crippen molar-refractivity contribution < 1.29 is 79.7 Å². The molecule has 0 spiro atoms. The molecule has 0 rings (SSSR count). The van der Waals surface area contributed by atoms with E-state index in [1.54, 1.807) is 0 Å². The first-order chi connectivity index (χ1) is 10.8. The Morgan fingerprint density at radius 1 is 0.308 bits per heavy atom. The molecule has 0 aromatic rings. The molecule has 1 nitrogen and oxygen atoms in total. The van der Waals surface area contributed by atoms with Crippen LogP contribution in [0.3, 0.4) is 0 Å².